The maximum atomic E-state index is 6.26. The Kier molecular flexibility index (Phi) is 7.77. The SMILES string of the molecule is Cc1c(Cl)cccc1NC(=S)N(CCC[NH+]1CCCC(C)C1)Cc1ccco1. The number of hydrogen-bond donors (Lipinski definition) is 2. The molecule has 1 aromatic heterocycles. The molecule has 2 heterocycles. The summed E-state index contributed by atoms with van der Waals surface area (Å²) in [6, 6.07) is 9.77. The van der Waals surface area contributed by atoms with E-state index >= 15 is 0 Å². The topological polar surface area (TPSA) is 32.9 Å². The standard InChI is InChI=1S/C22H30ClN3OS/c1-17-7-4-11-25(15-17)12-6-13-26(16-19-8-5-14-27-19)22(28)24-21-10-3-9-20(23)18(21)2/h3,5,8-10,14,17H,4,6-7,11-13,15-16H2,1-2H3,(H,24,28)/p+1. The Hall–Kier alpha value is -1.56. The molecule has 2 atom stereocenters. The molecular formula is C22H31ClN3OS+. The first-order valence-corrected chi connectivity index (χ1v) is 11.0. The molecule has 152 valence electrons. The highest BCUT2D eigenvalue weighted by Gasteiger charge is 2.20. The average Bonchev–Trinajstić information content (AvgIpc) is 3.18. The van der Waals surface area contributed by atoms with E-state index < -0.39 is 0 Å². The number of likely N-dealkylation sites (tertiary alicyclic amines) is 1. The zero-order valence-corrected chi connectivity index (χ0v) is 18.4. The molecule has 3 rings (SSSR count). The van der Waals surface area contributed by atoms with E-state index in [0.717, 1.165) is 40.9 Å². The van der Waals surface area contributed by atoms with Crippen molar-refractivity contribution in [3.8, 4) is 0 Å². The Morgan fingerprint density at radius 3 is 2.96 bits per heavy atom. The van der Waals surface area contributed by atoms with E-state index in [0.29, 0.717) is 11.7 Å². The minimum Gasteiger partial charge on any atom is -0.467 e. The molecule has 1 aliphatic heterocycles. The van der Waals surface area contributed by atoms with Crippen molar-refractivity contribution in [1.29, 1.82) is 0 Å². The fourth-order valence-electron chi connectivity index (χ4n) is 3.92. The van der Waals surface area contributed by atoms with Crippen LogP contribution in [0.5, 0.6) is 0 Å². The molecule has 0 amide bonds. The van der Waals surface area contributed by atoms with E-state index in [4.69, 9.17) is 28.2 Å². The predicted octanol–water partition coefficient (Wildman–Crippen LogP) is 4.15. The number of rotatable bonds is 7. The third-order valence-electron chi connectivity index (χ3n) is 5.55. The highest BCUT2D eigenvalue weighted by Crippen LogP contribution is 2.23. The highest BCUT2D eigenvalue weighted by molar-refractivity contribution is 7.80. The van der Waals surface area contributed by atoms with E-state index in [1.807, 2.05) is 37.3 Å². The van der Waals surface area contributed by atoms with Gasteiger partial charge in [0.25, 0.3) is 0 Å². The summed E-state index contributed by atoms with van der Waals surface area (Å²) in [6.45, 7) is 9.74. The number of nitrogens with one attached hydrogen (secondary N) is 2. The summed E-state index contributed by atoms with van der Waals surface area (Å²) in [4.78, 5) is 3.92. The van der Waals surface area contributed by atoms with E-state index in [1.165, 1.54) is 32.5 Å². The van der Waals surface area contributed by atoms with Crippen LogP contribution in [0.25, 0.3) is 0 Å². The van der Waals surface area contributed by atoms with E-state index in [2.05, 4.69) is 17.1 Å². The van der Waals surface area contributed by atoms with Gasteiger partial charge in [-0.2, -0.15) is 0 Å². The van der Waals surface area contributed by atoms with Crippen LogP contribution in [0.2, 0.25) is 5.02 Å². The summed E-state index contributed by atoms with van der Waals surface area (Å²) in [5, 5.41) is 4.84. The summed E-state index contributed by atoms with van der Waals surface area (Å²) in [5.74, 6) is 1.77. The molecule has 0 aliphatic carbocycles. The quantitative estimate of drug-likeness (QED) is 0.659. The Morgan fingerprint density at radius 2 is 2.21 bits per heavy atom. The summed E-state index contributed by atoms with van der Waals surface area (Å²) >= 11 is 12.0. The van der Waals surface area contributed by atoms with Crippen LogP contribution >= 0.6 is 23.8 Å². The molecule has 2 aromatic rings. The molecule has 0 radical (unpaired) electrons. The average molecular weight is 421 g/mol. The number of piperidine rings is 1. The van der Waals surface area contributed by atoms with Gasteiger partial charge >= 0.3 is 0 Å². The van der Waals surface area contributed by atoms with Crippen LogP contribution in [0.3, 0.4) is 0 Å². The number of thiocarbonyl (C=S) groups is 1. The van der Waals surface area contributed by atoms with Crippen molar-refractivity contribution in [3.05, 3.63) is 52.9 Å². The van der Waals surface area contributed by atoms with Gasteiger partial charge in [-0.25, -0.2) is 0 Å². The van der Waals surface area contributed by atoms with Crippen molar-refractivity contribution >= 4 is 34.6 Å². The second-order valence-corrected chi connectivity index (χ2v) is 8.69. The summed E-state index contributed by atoms with van der Waals surface area (Å²) in [7, 11) is 0. The van der Waals surface area contributed by atoms with Crippen LogP contribution in [0.1, 0.15) is 37.5 Å². The lowest BCUT2D eigenvalue weighted by Crippen LogP contribution is -3.13. The minimum atomic E-state index is 0.671. The number of anilines is 1. The summed E-state index contributed by atoms with van der Waals surface area (Å²) in [5.41, 5.74) is 1.97. The van der Waals surface area contributed by atoms with Crippen LogP contribution in [0.15, 0.2) is 41.0 Å². The van der Waals surface area contributed by atoms with Crippen molar-refractivity contribution in [2.45, 2.75) is 39.7 Å². The first-order chi connectivity index (χ1) is 13.5. The van der Waals surface area contributed by atoms with Crippen LogP contribution in [-0.4, -0.2) is 36.2 Å². The van der Waals surface area contributed by atoms with Gasteiger partial charge in [0.05, 0.1) is 32.4 Å². The molecule has 6 heteroatoms. The maximum absolute atomic E-state index is 6.26. The number of benzene rings is 1. The van der Waals surface area contributed by atoms with E-state index in [-0.39, 0.29) is 0 Å². The summed E-state index contributed by atoms with van der Waals surface area (Å²) in [6.07, 6.45) is 5.55. The third kappa shape index (κ3) is 5.97. The zero-order valence-electron chi connectivity index (χ0n) is 16.8. The van der Waals surface area contributed by atoms with Gasteiger partial charge in [-0.3, -0.25) is 0 Å². The number of furan rings is 1. The normalized spacial score (nSPS) is 19.4. The van der Waals surface area contributed by atoms with Crippen molar-refractivity contribution in [2.24, 2.45) is 5.92 Å². The molecule has 28 heavy (non-hydrogen) atoms. The molecule has 0 spiro atoms. The number of nitrogens with zero attached hydrogens (tertiary/aromatic N) is 1. The molecule has 2 unspecified atom stereocenters. The molecule has 0 saturated carbocycles. The Balaban J connectivity index is 1.60. The fraction of sp³-hybridized carbons (Fsp3) is 0.500. The lowest BCUT2D eigenvalue weighted by Gasteiger charge is -2.30. The molecule has 0 bridgehead atoms. The largest absolute Gasteiger partial charge is 0.467 e. The number of hydrogen-bond acceptors (Lipinski definition) is 2. The molecule has 1 saturated heterocycles. The lowest BCUT2D eigenvalue weighted by molar-refractivity contribution is -0.908. The molecule has 1 fully saturated rings. The molecule has 1 aliphatic rings. The van der Waals surface area contributed by atoms with Gasteiger partial charge in [-0.15, -0.1) is 0 Å². The first-order valence-electron chi connectivity index (χ1n) is 10.2. The van der Waals surface area contributed by atoms with Gasteiger partial charge in [0, 0.05) is 29.6 Å². The monoisotopic (exact) mass is 420 g/mol. The second-order valence-electron chi connectivity index (χ2n) is 7.90. The number of quaternary nitrogens is 1. The molecular weight excluding hydrogens is 390 g/mol. The van der Waals surface area contributed by atoms with Gasteiger partial charge < -0.3 is 19.5 Å². The van der Waals surface area contributed by atoms with E-state index in [1.54, 1.807) is 11.2 Å². The van der Waals surface area contributed by atoms with Crippen molar-refractivity contribution in [1.82, 2.24) is 4.90 Å². The van der Waals surface area contributed by atoms with Crippen LogP contribution in [-0.2, 0) is 6.54 Å². The van der Waals surface area contributed by atoms with Gasteiger partial charge in [-0.05, 0) is 61.8 Å². The van der Waals surface area contributed by atoms with Crippen LogP contribution in [0.4, 0.5) is 5.69 Å². The predicted molar refractivity (Wildman–Crippen MR) is 120 cm³/mol. The first kappa shape index (κ1) is 21.2. The second kappa shape index (κ2) is 10.3. The Labute approximate surface area is 178 Å². The zero-order chi connectivity index (χ0) is 19.9. The van der Waals surface area contributed by atoms with Crippen molar-refractivity contribution in [2.75, 3.05) is 31.5 Å². The Bertz CT molecular complexity index is 765. The number of halogens is 1. The minimum absolute atomic E-state index is 0.671. The lowest BCUT2D eigenvalue weighted by atomic mass is 10.0. The highest BCUT2D eigenvalue weighted by atomic mass is 35.5. The van der Waals surface area contributed by atoms with Gasteiger partial charge in [0.2, 0.25) is 0 Å². The molecule has 4 nitrogen and oxygen atoms in total. The molecule has 2 N–H and O–H groups in total. The Morgan fingerprint density at radius 1 is 1.36 bits per heavy atom. The maximum Gasteiger partial charge on any atom is 0.173 e. The van der Waals surface area contributed by atoms with Crippen molar-refractivity contribution < 1.29 is 9.32 Å². The van der Waals surface area contributed by atoms with E-state index in [9.17, 15) is 0 Å². The van der Waals surface area contributed by atoms with Crippen LogP contribution in [0, 0.1) is 12.8 Å². The third-order valence-corrected chi connectivity index (χ3v) is 6.32. The van der Waals surface area contributed by atoms with Crippen molar-refractivity contribution in [3.63, 3.8) is 0 Å². The fourth-order valence-corrected chi connectivity index (χ4v) is 4.36. The van der Waals surface area contributed by atoms with Gasteiger partial charge in [0.1, 0.15) is 5.76 Å². The van der Waals surface area contributed by atoms with Crippen LogP contribution < -0.4 is 10.2 Å². The van der Waals surface area contributed by atoms with Gasteiger partial charge in [0.15, 0.2) is 5.11 Å². The smallest absolute Gasteiger partial charge is 0.173 e. The van der Waals surface area contributed by atoms with Gasteiger partial charge in [-0.1, -0.05) is 24.6 Å². The summed E-state index contributed by atoms with van der Waals surface area (Å²) < 4.78 is 5.56. The molecule has 1 aromatic carbocycles.